The lowest BCUT2D eigenvalue weighted by Crippen LogP contribution is -2.12. The fourth-order valence-corrected chi connectivity index (χ4v) is 1.78. The highest BCUT2D eigenvalue weighted by Gasteiger charge is 2.06. The average molecular weight is 273 g/mol. The van der Waals surface area contributed by atoms with Crippen molar-refractivity contribution in [2.45, 2.75) is 18.7 Å². The van der Waals surface area contributed by atoms with Crippen molar-refractivity contribution in [1.29, 1.82) is 0 Å². The zero-order valence-electron chi connectivity index (χ0n) is 10.6. The van der Waals surface area contributed by atoms with Crippen molar-refractivity contribution in [3.8, 4) is 5.75 Å². The smallest absolute Gasteiger partial charge is 0.238 e. The van der Waals surface area contributed by atoms with Gasteiger partial charge in [-0.2, -0.15) is 0 Å². The molecule has 0 heterocycles. The molecule has 0 saturated carbocycles. The van der Waals surface area contributed by atoms with Gasteiger partial charge in [-0.3, -0.25) is 0 Å². The van der Waals surface area contributed by atoms with Crippen LogP contribution in [0.15, 0.2) is 29.2 Å². The molecule has 0 aromatic heterocycles. The second-order valence-corrected chi connectivity index (χ2v) is 5.90. The quantitative estimate of drug-likeness (QED) is 0.761. The second kappa shape index (κ2) is 6.72. The Morgan fingerprint density at radius 2 is 1.78 bits per heavy atom. The molecule has 6 heteroatoms. The number of sulfonamides is 1. The molecule has 0 fully saturated rings. The summed E-state index contributed by atoms with van der Waals surface area (Å²) in [5.41, 5.74) is 0. The number of nitrogens with two attached hydrogens (primary N) is 1. The molecule has 5 nitrogen and oxygen atoms in total. The zero-order chi connectivity index (χ0) is 13.6. The van der Waals surface area contributed by atoms with Crippen LogP contribution >= 0.6 is 0 Å². The maximum Gasteiger partial charge on any atom is 0.238 e. The Morgan fingerprint density at radius 3 is 2.28 bits per heavy atom. The van der Waals surface area contributed by atoms with Crippen LogP contribution in [-0.2, 0) is 14.8 Å². The minimum Gasteiger partial charge on any atom is -0.491 e. The standard InChI is InChI=1S/C12H19NO4S/c1-10(2)9-16-7-8-17-11-3-5-12(6-4-11)18(13,14)15/h3-6,10H,7-9H2,1-2H3,(H2,13,14,15). The van der Waals surface area contributed by atoms with Gasteiger partial charge in [0.1, 0.15) is 12.4 Å². The molecule has 0 atom stereocenters. The topological polar surface area (TPSA) is 78.6 Å². The monoisotopic (exact) mass is 273 g/mol. The minimum atomic E-state index is -3.64. The van der Waals surface area contributed by atoms with Crippen LogP contribution in [0, 0.1) is 5.92 Å². The molecule has 0 spiro atoms. The zero-order valence-corrected chi connectivity index (χ0v) is 11.4. The molecule has 0 saturated heterocycles. The first-order chi connectivity index (χ1) is 8.39. The van der Waals surface area contributed by atoms with Crippen molar-refractivity contribution >= 4 is 10.0 Å². The number of ether oxygens (including phenoxy) is 2. The van der Waals surface area contributed by atoms with E-state index in [1.54, 1.807) is 12.1 Å². The molecule has 1 aromatic rings. The van der Waals surface area contributed by atoms with Gasteiger partial charge in [-0.15, -0.1) is 0 Å². The lowest BCUT2D eigenvalue weighted by Gasteiger charge is -2.08. The van der Waals surface area contributed by atoms with Crippen LogP contribution in [0.1, 0.15) is 13.8 Å². The van der Waals surface area contributed by atoms with Crippen molar-refractivity contribution in [1.82, 2.24) is 0 Å². The Kier molecular flexibility index (Phi) is 5.58. The van der Waals surface area contributed by atoms with E-state index in [0.717, 1.165) is 0 Å². The molecule has 0 aliphatic carbocycles. The van der Waals surface area contributed by atoms with E-state index in [-0.39, 0.29) is 4.90 Å². The predicted molar refractivity (Wildman–Crippen MR) is 69.0 cm³/mol. The third-order valence-corrected chi connectivity index (χ3v) is 3.03. The van der Waals surface area contributed by atoms with Gasteiger partial charge in [0.05, 0.1) is 11.5 Å². The van der Waals surface area contributed by atoms with Gasteiger partial charge in [-0.1, -0.05) is 13.8 Å². The minimum absolute atomic E-state index is 0.0749. The summed E-state index contributed by atoms with van der Waals surface area (Å²) in [6.45, 7) is 5.80. The van der Waals surface area contributed by atoms with Crippen molar-refractivity contribution in [3.63, 3.8) is 0 Å². The Morgan fingerprint density at radius 1 is 1.17 bits per heavy atom. The number of rotatable bonds is 7. The van der Waals surface area contributed by atoms with E-state index >= 15 is 0 Å². The average Bonchev–Trinajstić information content (AvgIpc) is 2.27. The Labute approximate surface area is 108 Å². The molecule has 0 amide bonds. The van der Waals surface area contributed by atoms with Gasteiger partial charge in [0.25, 0.3) is 0 Å². The van der Waals surface area contributed by atoms with Crippen LogP contribution in [0.2, 0.25) is 0 Å². The summed E-state index contributed by atoms with van der Waals surface area (Å²) >= 11 is 0. The number of hydrogen-bond donors (Lipinski definition) is 1. The Hall–Kier alpha value is -1.11. The first kappa shape index (κ1) is 14.9. The molecule has 102 valence electrons. The summed E-state index contributed by atoms with van der Waals surface area (Å²) in [6, 6.07) is 5.98. The maximum absolute atomic E-state index is 11.0. The van der Waals surface area contributed by atoms with Gasteiger partial charge < -0.3 is 9.47 Å². The first-order valence-electron chi connectivity index (χ1n) is 5.73. The van der Waals surface area contributed by atoms with Crippen molar-refractivity contribution < 1.29 is 17.9 Å². The van der Waals surface area contributed by atoms with Crippen LogP contribution in [0.25, 0.3) is 0 Å². The number of primary sulfonamides is 1. The van der Waals surface area contributed by atoms with Crippen LogP contribution in [-0.4, -0.2) is 28.2 Å². The number of hydrogen-bond acceptors (Lipinski definition) is 4. The van der Waals surface area contributed by atoms with Crippen molar-refractivity contribution in [3.05, 3.63) is 24.3 Å². The van der Waals surface area contributed by atoms with Gasteiger partial charge in [0.2, 0.25) is 10.0 Å². The van der Waals surface area contributed by atoms with Crippen molar-refractivity contribution in [2.75, 3.05) is 19.8 Å². The van der Waals surface area contributed by atoms with Gasteiger partial charge >= 0.3 is 0 Å². The molecular weight excluding hydrogens is 254 g/mol. The molecule has 0 aliphatic rings. The fraction of sp³-hybridized carbons (Fsp3) is 0.500. The molecular formula is C12H19NO4S. The highest BCUT2D eigenvalue weighted by Crippen LogP contribution is 2.14. The summed E-state index contributed by atoms with van der Waals surface area (Å²) < 4.78 is 32.8. The van der Waals surface area contributed by atoms with Gasteiger partial charge in [0, 0.05) is 6.61 Å². The maximum atomic E-state index is 11.0. The third kappa shape index (κ3) is 5.48. The summed E-state index contributed by atoms with van der Waals surface area (Å²) in [5, 5.41) is 4.99. The van der Waals surface area contributed by atoms with E-state index in [0.29, 0.717) is 31.5 Å². The van der Waals surface area contributed by atoms with E-state index in [4.69, 9.17) is 14.6 Å². The molecule has 18 heavy (non-hydrogen) atoms. The fourth-order valence-electron chi connectivity index (χ4n) is 1.26. The Balaban J connectivity index is 2.36. The lowest BCUT2D eigenvalue weighted by atomic mass is 10.2. The predicted octanol–water partition coefficient (Wildman–Crippen LogP) is 1.39. The van der Waals surface area contributed by atoms with Gasteiger partial charge in [0.15, 0.2) is 0 Å². The lowest BCUT2D eigenvalue weighted by molar-refractivity contribution is 0.0819. The SMILES string of the molecule is CC(C)COCCOc1ccc(S(N)(=O)=O)cc1. The van der Waals surface area contributed by atoms with E-state index < -0.39 is 10.0 Å². The highest BCUT2D eigenvalue weighted by molar-refractivity contribution is 7.89. The van der Waals surface area contributed by atoms with Crippen LogP contribution in [0.5, 0.6) is 5.75 Å². The third-order valence-electron chi connectivity index (χ3n) is 2.10. The van der Waals surface area contributed by atoms with E-state index in [9.17, 15) is 8.42 Å². The second-order valence-electron chi connectivity index (χ2n) is 4.33. The first-order valence-corrected chi connectivity index (χ1v) is 7.27. The molecule has 2 N–H and O–H groups in total. The molecule has 0 bridgehead atoms. The van der Waals surface area contributed by atoms with Crippen LogP contribution in [0.3, 0.4) is 0 Å². The largest absolute Gasteiger partial charge is 0.491 e. The van der Waals surface area contributed by atoms with Crippen molar-refractivity contribution in [2.24, 2.45) is 11.1 Å². The number of benzene rings is 1. The summed E-state index contributed by atoms with van der Waals surface area (Å²) in [6.07, 6.45) is 0. The van der Waals surface area contributed by atoms with E-state index in [1.807, 2.05) is 0 Å². The van der Waals surface area contributed by atoms with Crippen LogP contribution in [0.4, 0.5) is 0 Å². The molecule has 0 radical (unpaired) electrons. The molecule has 0 aliphatic heterocycles. The normalized spacial score (nSPS) is 11.8. The van der Waals surface area contributed by atoms with Gasteiger partial charge in [-0.25, -0.2) is 13.6 Å². The molecule has 1 rings (SSSR count). The summed E-state index contributed by atoms with van der Waals surface area (Å²) in [5.74, 6) is 1.09. The molecule has 1 aromatic carbocycles. The Bertz CT molecular complexity index is 453. The highest BCUT2D eigenvalue weighted by atomic mass is 32.2. The molecule has 0 unspecified atom stereocenters. The van der Waals surface area contributed by atoms with E-state index in [1.165, 1.54) is 12.1 Å². The summed E-state index contributed by atoms with van der Waals surface area (Å²) in [4.78, 5) is 0.0749. The van der Waals surface area contributed by atoms with E-state index in [2.05, 4.69) is 13.8 Å². The summed E-state index contributed by atoms with van der Waals surface area (Å²) in [7, 11) is -3.64. The van der Waals surface area contributed by atoms with Crippen LogP contribution < -0.4 is 9.88 Å². The van der Waals surface area contributed by atoms with Gasteiger partial charge in [-0.05, 0) is 30.2 Å².